The Labute approximate surface area is 377 Å². The fraction of sp³-hybridized carbons (Fsp3) is 0. The van der Waals surface area contributed by atoms with E-state index in [1.807, 2.05) is 54.6 Å². The van der Waals surface area contributed by atoms with Crippen LogP contribution in [0.15, 0.2) is 208 Å². The molecule has 0 saturated heterocycles. The molecule has 0 bridgehead atoms. The highest BCUT2D eigenvalue weighted by Gasteiger charge is 2.20. The van der Waals surface area contributed by atoms with Gasteiger partial charge in [0, 0.05) is 55.0 Å². The van der Waals surface area contributed by atoms with Crippen LogP contribution in [-0.4, -0.2) is 19.9 Å². The first-order valence-corrected chi connectivity index (χ1v) is 22.0. The fourth-order valence-corrected chi connectivity index (χ4v) is 9.42. The molecular weight excluding hydrogens is 948 g/mol. The van der Waals surface area contributed by atoms with Gasteiger partial charge in [-0.15, -0.1) is 0 Å². The molecule has 2 heterocycles. The third-order valence-electron chi connectivity index (χ3n) is 10.7. The smallest absolute Gasteiger partial charge is 0.234 e. The maximum absolute atomic E-state index is 4.56. The lowest BCUT2D eigenvalue weighted by Crippen LogP contribution is -2.13. The largest absolute Gasteiger partial charge is 0.324 e. The van der Waals surface area contributed by atoms with Crippen LogP contribution < -0.4 is 10.2 Å². The number of aromatic nitrogens is 4. The number of para-hydroxylation sites is 2. The zero-order valence-corrected chi connectivity index (χ0v) is 37.1. The fourth-order valence-electron chi connectivity index (χ4n) is 8.04. The maximum Gasteiger partial charge on any atom is 0.234 e. The quantitative estimate of drug-likeness (QED) is 0.173. The van der Waals surface area contributed by atoms with Crippen molar-refractivity contribution < 1.29 is 0 Å². The Morgan fingerprint density at radius 1 is 0.361 bits per heavy atom. The minimum Gasteiger partial charge on any atom is -0.324 e. The van der Waals surface area contributed by atoms with Gasteiger partial charge in [-0.05, 0) is 120 Å². The number of hydrogen-bond acceptors (Lipinski definition) is 6. The topological polar surface area (TPSA) is 66.8 Å². The van der Waals surface area contributed by atoms with Crippen molar-refractivity contribution in [1.82, 2.24) is 19.9 Å². The van der Waals surface area contributed by atoms with Crippen molar-refractivity contribution in [3.05, 3.63) is 208 Å². The van der Waals surface area contributed by atoms with Crippen molar-refractivity contribution in [2.45, 2.75) is 0 Å². The second-order valence-electron chi connectivity index (χ2n) is 14.4. The zero-order valence-electron chi connectivity index (χ0n) is 32.3. The summed E-state index contributed by atoms with van der Waals surface area (Å²) in [7, 11) is 0. The Morgan fingerprint density at radius 2 is 0.754 bits per heavy atom. The Hall–Kier alpha value is -6.52. The Morgan fingerprint density at radius 3 is 1.25 bits per heavy atom. The van der Waals surface area contributed by atoms with E-state index in [2.05, 4.69) is 187 Å². The molecule has 1 N–H and O–H groups in total. The van der Waals surface area contributed by atoms with E-state index >= 15 is 0 Å². The Kier molecular flexibility index (Phi) is 10.7. The van der Waals surface area contributed by atoms with Crippen LogP contribution in [0.1, 0.15) is 0 Å². The van der Waals surface area contributed by atoms with Gasteiger partial charge in [0.1, 0.15) is 0 Å². The molecule has 0 radical (unpaired) electrons. The van der Waals surface area contributed by atoms with Gasteiger partial charge < -0.3 is 5.32 Å². The van der Waals surface area contributed by atoms with Gasteiger partial charge in [-0.3, -0.25) is 4.90 Å². The summed E-state index contributed by atoms with van der Waals surface area (Å²) in [6.07, 6.45) is 6.98. The summed E-state index contributed by atoms with van der Waals surface area (Å²) in [4.78, 5) is 19.4. The highest BCUT2D eigenvalue weighted by molar-refractivity contribution is 9.11. The van der Waals surface area contributed by atoms with Gasteiger partial charge in [0.05, 0.1) is 5.69 Å². The number of hydrogen-bond donors (Lipinski definition) is 1. The number of rotatable bonds is 5. The van der Waals surface area contributed by atoms with Crippen LogP contribution in [0.5, 0.6) is 0 Å². The van der Waals surface area contributed by atoms with Crippen LogP contribution in [0.2, 0.25) is 0 Å². The molecule has 0 unspecified atom stereocenters. The Balaban J connectivity index is 0.000000121. The van der Waals surface area contributed by atoms with Crippen molar-refractivity contribution in [3.63, 3.8) is 0 Å². The van der Waals surface area contributed by atoms with E-state index in [1.165, 1.54) is 64.6 Å². The molecule has 0 atom stereocenters. The van der Waals surface area contributed by atoms with Crippen molar-refractivity contribution in [3.8, 4) is 0 Å². The van der Waals surface area contributed by atoms with Crippen LogP contribution in [0, 0.1) is 0 Å². The molecule has 0 aliphatic carbocycles. The van der Waals surface area contributed by atoms with Crippen LogP contribution >= 0.6 is 47.8 Å². The van der Waals surface area contributed by atoms with Gasteiger partial charge in [0.25, 0.3) is 0 Å². The lowest BCUT2D eigenvalue weighted by Gasteiger charge is -2.25. The van der Waals surface area contributed by atoms with Crippen LogP contribution in [0.4, 0.5) is 29.0 Å². The first-order valence-electron chi connectivity index (χ1n) is 19.6. The van der Waals surface area contributed by atoms with Crippen molar-refractivity contribution in [1.29, 1.82) is 0 Å². The average Bonchev–Trinajstić information content (AvgIpc) is 3.31. The van der Waals surface area contributed by atoms with E-state index in [0.717, 1.165) is 30.5 Å². The van der Waals surface area contributed by atoms with Gasteiger partial charge >= 0.3 is 0 Å². The van der Waals surface area contributed by atoms with Crippen molar-refractivity contribution in [2.24, 2.45) is 0 Å². The van der Waals surface area contributed by atoms with Gasteiger partial charge in [-0.25, -0.2) is 19.9 Å². The van der Waals surface area contributed by atoms with E-state index in [-0.39, 0.29) is 0 Å². The second kappa shape index (κ2) is 16.9. The highest BCUT2D eigenvalue weighted by atomic mass is 79.9. The van der Waals surface area contributed by atoms with Gasteiger partial charge in [0.2, 0.25) is 11.9 Å². The molecule has 0 spiro atoms. The molecule has 12 aromatic rings. The standard InChI is InChI=1S/C26H16BrN3.C16H8Br2.C10H9N3/c27-22-13-9-17-8-12-21-23(14-10-18-7-11-20(22)24(17)25(18)21)30(19-5-2-1-3-6-19)26-28-15-4-16-29-26;17-13-8-4-10-2-6-12-14(18)7-3-9-1-5-11(13)16(10)15(9)12;1-2-5-9(6-3-1)13-10-11-7-4-8-12-10/h1-16H;1-8H;1-8H,(H,11,12,13). The lowest BCUT2D eigenvalue weighted by molar-refractivity contribution is 1.08. The van der Waals surface area contributed by atoms with Crippen LogP contribution in [0.3, 0.4) is 0 Å². The predicted octanol–water partition coefficient (Wildman–Crippen LogP) is 15.9. The SMILES string of the molecule is Brc1ccc2ccc3c(Br)ccc4ccc1c2c43.Brc1ccc2ccc3c(N(c4ccccc4)c4ncccn4)ccc4ccc1c2c43.c1ccc(Nc2ncccn2)cc1. The van der Waals surface area contributed by atoms with Crippen molar-refractivity contribution >= 4 is 141 Å². The van der Waals surface area contributed by atoms with Crippen LogP contribution in [-0.2, 0) is 0 Å². The summed E-state index contributed by atoms with van der Waals surface area (Å²) in [5.41, 5.74) is 3.09. The summed E-state index contributed by atoms with van der Waals surface area (Å²) in [5.74, 6) is 1.27. The molecule has 61 heavy (non-hydrogen) atoms. The molecule has 0 amide bonds. The summed E-state index contributed by atoms with van der Waals surface area (Å²) >= 11 is 11.0. The molecule has 6 nitrogen and oxygen atoms in total. The third-order valence-corrected chi connectivity index (χ3v) is 12.8. The normalized spacial score (nSPS) is 11.2. The van der Waals surface area contributed by atoms with E-state index in [0.29, 0.717) is 11.9 Å². The average molecular weight is 982 g/mol. The van der Waals surface area contributed by atoms with E-state index < -0.39 is 0 Å². The predicted molar refractivity (Wildman–Crippen MR) is 265 cm³/mol. The number of anilines is 5. The molecule has 0 fully saturated rings. The first kappa shape index (κ1) is 38.7. The molecule has 0 aliphatic rings. The summed E-state index contributed by atoms with van der Waals surface area (Å²) < 4.78 is 3.43. The highest BCUT2D eigenvalue weighted by Crippen LogP contribution is 2.44. The number of nitrogens with zero attached hydrogens (tertiary/aromatic N) is 5. The number of halogens is 3. The molecule has 12 rings (SSSR count). The molecular formula is C52H33Br3N6. The molecule has 292 valence electrons. The summed E-state index contributed by atoms with van der Waals surface area (Å²) in [5, 5.41) is 18.4. The maximum atomic E-state index is 4.56. The van der Waals surface area contributed by atoms with E-state index in [9.17, 15) is 0 Å². The summed E-state index contributed by atoms with van der Waals surface area (Å²) in [6, 6.07) is 58.6. The summed E-state index contributed by atoms with van der Waals surface area (Å²) in [6.45, 7) is 0. The second-order valence-corrected chi connectivity index (χ2v) is 16.9. The van der Waals surface area contributed by atoms with Crippen molar-refractivity contribution in [2.75, 3.05) is 10.2 Å². The molecule has 2 aromatic heterocycles. The minimum absolute atomic E-state index is 0.619. The zero-order chi connectivity index (χ0) is 41.3. The molecule has 9 heteroatoms. The monoisotopic (exact) mass is 978 g/mol. The minimum atomic E-state index is 0.619. The molecule has 0 aliphatic heterocycles. The Bertz CT molecular complexity index is 3280. The molecule has 10 aromatic carbocycles. The van der Waals surface area contributed by atoms with E-state index in [4.69, 9.17) is 0 Å². The number of benzene rings is 10. The van der Waals surface area contributed by atoms with Gasteiger partial charge in [-0.2, -0.15) is 0 Å². The van der Waals surface area contributed by atoms with Crippen LogP contribution in [0.25, 0.3) is 64.6 Å². The van der Waals surface area contributed by atoms with E-state index in [1.54, 1.807) is 30.9 Å². The number of nitrogens with one attached hydrogen (secondary N) is 1. The molecule has 0 saturated carbocycles. The third kappa shape index (κ3) is 7.50. The first-order chi connectivity index (χ1) is 30.0. The lowest BCUT2D eigenvalue weighted by atomic mass is 9.93. The van der Waals surface area contributed by atoms with Gasteiger partial charge in [-0.1, -0.05) is 157 Å². The van der Waals surface area contributed by atoms with Gasteiger partial charge in [0.15, 0.2) is 0 Å².